The van der Waals surface area contributed by atoms with E-state index >= 15 is 0 Å². The van der Waals surface area contributed by atoms with Crippen molar-refractivity contribution in [2.24, 2.45) is 0 Å². The fourth-order valence-electron chi connectivity index (χ4n) is 3.54. The van der Waals surface area contributed by atoms with Gasteiger partial charge in [-0.1, -0.05) is 29.4 Å². The van der Waals surface area contributed by atoms with Crippen LogP contribution in [-0.4, -0.2) is 31.0 Å². The molecule has 31 heavy (non-hydrogen) atoms. The standard InChI is InChI=1S/C21H15ClFN5O2S/c22-12-4-6-15(7-5-12)28-19-17(10-24-28)20(30)27-16(11-31-21(27)26-19)9-18(29)25-14-3-1-2-13(23)8-14/h1-8,10,16H,9,11H2,(H,25,29). The zero-order chi connectivity index (χ0) is 21.5. The van der Waals surface area contributed by atoms with Crippen molar-refractivity contribution in [3.05, 3.63) is 75.9 Å². The number of hydrogen-bond acceptors (Lipinski definition) is 5. The normalized spacial score (nSPS) is 15.2. The Bertz CT molecular complexity index is 1370. The fraction of sp³-hybridized carbons (Fsp3) is 0.143. The molecule has 0 bridgehead atoms. The van der Waals surface area contributed by atoms with Crippen LogP contribution in [0.1, 0.15) is 12.5 Å². The summed E-state index contributed by atoms with van der Waals surface area (Å²) in [5.41, 5.74) is 1.33. The monoisotopic (exact) mass is 455 g/mol. The Hall–Kier alpha value is -3.17. The molecule has 0 fully saturated rings. The third-order valence-electron chi connectivity index (χ3n) is 4.97. The summed E-state index contributed by atoms with van der Waals surface area (Å²) < 4.78 is 16.5. The first-order valence-corrected chi connectivity index (χ1v) is 10.8. The Morgan fingerprint density at radius 2 is 2.06 bits per heavy atom. The van der Waals surface area contributed by atoms with Gasteiger partial charge in [0.25, 0.3) is 5.56 Å². The molecule has 1 amide bonds. The molecule has 7 nitrogen and oxygen atoms in total. The van der Waals surface area contributed by atoms with E-state index in [1.54, 1.807) is 39.6 Å². The number of aromatic nitrogens is 4. The summed E-state index contributed by atoms with van der Waals surface area (Å²) >= 11 is 7.37. The average molecular weight is 456 g/mol. The third-order valence-corrected chi connectivity index (χ3v) is 6.32. The number of rotatable bonds is 4. The Labute approximate surface area is 184 Å². The molecule has 156 valence electrons. The highest BCUT2D eigenvalue weighted by atomic mass is 35.5. The molecule has 0 radical (unpaired) electrons. The molecule has 2 aromatic heterocycles. The second-order valence-corrected chi connectivity index (χ2v) is 8.49. The van der Waals surface area contributed by atoms with Crippen molar-refractivity contribution >= 4 is 46.0 Å². The average Bonchev–Trinajstić information content (AvgIpc) is 3.34. The molecule has 1 N–H and O–H groups in total. The van der Waals surface area contributed by atoms with Crippen LogP contribution in [0.3, 0.4) is 0 Å². The molecule has 3 heterocycles. The molecule has 1 aliphatic heterocycles. The predicted octanol–water partition coefficient (Wildman–Crippen LogP) is 4.05. The van der Waals surface area contributed by atoms with E-state index in [2.05, 4.69) is 15.4 Å². The van der Waals surface area contributed by atoms with Gasteiger partial charge in [0.05, 0.1) is 17.9 Å². The van der Waals surface area contributed by atoms with E-state index in [9.17, 15) is 14.0 Å². The quantitative estimate of drug-likeness (QED) is 0.469. The number of thioether (sulfide) groups is 1. The summed E-state index contributed by atoms with van der Waals surface area (Å²) in [5.74, 6) is -0.187. The molecule has 10 heteroatoms. The van der Waals surface area contributed by atoms with Crippen LogP contribution >= 0.6 is 23.4 Å². The highest BCUT2D eigenvalue weighted by molar-refractivity contribution is 7.99. The lowest BCUT2D eigenvalue weighted by molar-refractivity contribution is -0.116. The number of fused-ring (bicyclic) bond motifs is 2. The van der Waals surface area contributed by atoms with Gasteiger partial charge in [-0.05, 0) is 42.5 Å². The van der Waals surface area contributed by atoms with Crippen molar-refractivity contribution in [3.63, 3.8) is 0 Å². The molecule has 0 saturated heterocycles. The molecule has 0 saturated carbocycles. The van der Waals surface area contributed by atoms with Crippen LogP contribution in [0.4, 0.5) is 10.1 Å². The molecule has 4 aromatic rings. The topological polar surface area (TPSA) is 81.8 Å². The van der Waals surface area contributed by atoms with Crippen LogP contribution in [-0.2, 0) is 4.79 Å². The number of benzene rings is 2. The van der Waals surface area contributed by atoms with Crippen molar-refractivity contribution in [2.45, 2.75) is 17.6 Å². The van der Waals surface area contributed by atoms with Crippen molar-refractivity contribution in [3.8, 4) is 5.69 Å². The first kappa shape index (κ1) is 19.8. The highest BCUT2D eigenvalue weighted by Gasteiger charge is 2.29. The summed E-state index contributed by atoms with van der Waals surface area (Å²) in [6.07, 6.45) is 1.56. The van der Waals surface area contributed by atoms with Crippen LogP contribution in [0.5, 0.6) is 0 Å². The Balaban J connectivity index is 1.44. The molecule has 5 rings (SSSR count). The second kappa shape index (κ2) is 7.82. The molecule has 1 aliphatic rings. The van der Waals surface area contributed by atoms with Crippen LogP contribution in [0.25, 0.3) is 16.7 Å². The molecule has 1 unspecified atom stereocenters. The number of anilines is 1. The Morgan fingerprint density at radius 1 is 1.26 bits per heavy atom. The lowest BCUT2D eigenvalue weighted by Gasteiger charge is -2.13. The number of carbonyl (C=O) groups is 1. The van der Waals surface area contributed by atoms with Crippen molar-refractivity contribution < 1.29 is 9.18 Å². The molecular formula is C21H15ClFN5O2S. The van der Waals surface area contributed by atoms with Gasteiger partial charge in [0.1, 0.15) is 11.2 Å². The fourth-order valence-corrected chi connectivity index (χ4v) is 4.80. The van der Waals surface area contributed by atoms with Gasteiger partial charge in [0.2, 0.25) is 5.91 Å². The number of hydrogen-bond donors (Lipinski definition) is 1. The molecule has 0 aliphatic carbocycles. The number of amides is 1. The maximum atomic E-state index is 13.3. The van der Waals surface area contributed by atoms with Gasteiger partial charge < -0.3 is 5.32 Å². The minimum atomic E-state index is -0.430. The van der Waals surface area contributed by atoms with E-state index in [1.807, 2.05) is 0 Å². The van der Waals surface area contributed by atoms with E-state index in [4.69, 9.17) is 11.6 Å². The third kappa shape index (κ3) is 3.70. The predicted molar refractivity (Wildman–Crippen MR) is 118 cm³/mol. The Kier molecular flexibility index (Phi) is 4.99. The SMILES string of the molecule is O=C(CC1CSc2nc3c(cnn3-c3ccc(Cl)cc3)c(=O)n21)Nc1cccc(F)c1. The number of carbonyl (C=O) groups excluding carboxylic acids is 1. The van der Waals surface area contributed by atoms with Crippen LogP contribution in [0.2, 0.25) is 5.02 Å². The minimum Gasteiger partial charge on any atom is -0.326 e. The van der Waals surface area contributed by atoms with Crippen LogP contribution < -0.4 is 10.9 Å². The van der Waals surface area contributed by atoms with Crippen molar-refractivity contribution in [2.75, 3.05) is 11.1 Å². The molecule has 1 atom stereocenters. The highest BCUT2D eigenvalue weighted by Crippen LogP contribution is 2.33. The van der Waals surface area contributed by atoms with E-state index in [0.29, 0.717) is 32.7 Å². The van der Waals surface area contributed by atoms with E-state index < -0.39 is 5.82 Å². The van der Waals surface area contributed by atoms with Gasteiger partial charge in [0, 0.05) is 22.9 Å². The summed E-state index contributed by atoms with van der Waals surface area (Å²) in [4.78, 5) is 30.3. The Morgan fingerprint density at radius 3 is 2.84 bits per heavy atom. The van der Waals surface area contributed by atoms with Gasteiger partial charge in [-0.2, -0.15) is 5.10 Å². The second-order valence-electron chi connectivity index (χ2n) is 7.07. The minimum absolute atomic E-state index is 0.0783. The smallest absolute Gasteiger partial charge is 0.265 e. The number of nitrogens with one attached hydrogen (secondary N) is 1. The zero-order valence-electron chi connectivity index (χ0n) is 16.0. The lowest BCUT2D eigenvalue weighted by atomic mass is 10.2. The summed E-state index contributed by atoms with van der Waals surface area (Å²) in [6, 6.07) is 12.4. The van der Waals surface area contributed by atoms with Gasteiger partial charge in [-0.15, -0.1) is 0 Å². The molecular weight excluding hydrogens is 441 g/mol. The van der Waals surface area contributed by atoms with Gasteiger partial charge in [0.15, 0.2) is 10.8 Å². The van der Waals surface area contributed by atoms with Crippen LogP contribution in [0, 0.1) is 5.82 Å². The van der Waals surface area contributed by atoms with E-state index in [0.717, 1.165) is 5.69 Å². The van der Waals surface area contributed by atoms with E-state index in [-0.39, 0.29) is 23.9 Å². The van der Waals surface area contributed by atoms with Crippen LogP contribution in [0.15, 0.2) is 64.7 Å². The van der Waals surface area contributed by atoms with Crippen molar-refractivity contribution in [1.29, 1.82) is 0 Å². The molecule has 2 aromatic carbocycles. The number of nitrogens with zero attached hydrogens (tertiary/aromatic N) is 4. The number of halogens is 2. The lowest BCUT2D eigenvalue weighted by Crippen LogP contribution is -2.27. The van der Waals surface area contributed by atoms with Gasteiger partial charge in [-0.25, -0.2) is 14.1 Å². The first-order valence-electron chi connectivity index (χ1n) is 9.44. The summed E-state index contributed by atoms with van der Waals surface area (Å²) in [7, 11) is 0. The van der Waals surface area contributed by atoms with Gasteiger partial charge >= 0.3 is 0 Å². The summed E-state index contributed by atoms with van der Waals surface area (Å²) in [6.45, 7) is 0. The summed E-state index contributed by atoms with van der Waals surface area (Å²) in [5, 5.41) is 8.51. The maximum Gasteiger partial charge on any atom is 0.265 e. The zero-order valence-corrected chi connectivity index (χ0v) is 17.5. The van der Waals surface area contributed by atoms with Crippen molar-refractivity contribution in [1.82, 2.24) is 19.3 Å². The molecule has 0 spiro atoms. The largest absolute Gasteiger partial charge is 0.326 e. The van der Waals surface area contributed by atoms with E-state index in [1.165, 1.54) is 36.2 Å². The van der Waals surface area contributed by atoms with Gasteiger partial charge in [-0.3, -0.25) is 14.2 Å². The first-order chi connectivity index (χ1) is 15.0. The maximum absolute atomic E-state index is 13.3.